The Morgan fingerprint density at radius 1 is 1.32 bits per heavy atom. The molecule has 0 aliphatic rings. The molecule has 5 nitrogen and oxygen atoms in total. The zero-order valence-corrected chi connectivity index (χ0v) is 17.2. The van der Waals surface area contributed by atoms with E-state index in [2.05, 4.69) is 25.9 Å². The van der Waals surface area contributed by atoms with Crippen LogP contribution < -0.4 is 4.90 Å². The first-order valence-electron chi connectivity index (χ1n) is 7.50. The Hall–Kier alpha value is -1.50. The molecule has 0 radical (unpaired) electrons. The fourth-order valence-corrected chi connectivity index (χ4v) is 3.29. The van der Waals surface area contributed by atoms with E-state index < -0.39 is 11.7 Å². The van der Waals surface area contributed by atoms with Crippen LogP contribution in [0.1, 0.15) is 20.8 Å². The van der Waals surface area contributed by atoms with Crippen molar-refractivity contribution < 1.29 is 9.53 Å². The van der Waals surface area contributed by atoms with Crippen molar-refractivity contribution in [2.45, 2.75) is 26.4 Å². The van der Waals surface area contributed by atoms with Gasteiger partial charge in [0.05, 0.1) is 20.7 Å². The van der Waals surface area contributed by atoms with Gasteiger partial charge in [0.25, 0.3) is 0 Å². The van der Waals surface area contributed by atoms with E-state index in [0.717, 1.165) is 10.8 Å². The Kier molecular flexibility index (Phi) is 4.64. The van der Waals surface area contributed by atoms with Gasteiger partial charge in [0.2, 0.25) is 0 Å². The van der Waals surface area contributed by atoms with Gasteiger partial charge < -0.3 is 9.72 Å². The lowest BCUT2D eigenvalue weighted by molar-refractivity contribution is 0.0589. The summed E-state index contributed by atoms with van der Waals surface area (Å²) in [6, 6.07) is 3.49. The minimum atomic E-state index is -0.598. The van der Waals surface area contributed by atoms with E-state index in [4.69, 9.17) is 27.9 Å². The number of H-pyrrole nitrogens is 1. The number of nitrogens with one attached hydrogen (secondary N) is 1. The van der Waals surface area contributed by atoms with Gasteiger partial charge >= 0.3 is 6.09 Å². The van der Waals surface area contributed by atoms with Crippen molar-refractivity contribution in [1.29, 1.82) is 0 Å². The molecule has 0 fully saturated rings. The molecule has 25 heavy (non-hydrogen) atoms. The number of hydrogen-bond acceptors (Lipinski definition) is 3. The number of benzene rings is 1. The van der Waals surface area contributed by atoms with Gasteiger partial charge in [0, 0.05) is 29.0 Å². The van der Waals surface area contributed by atoms with Gasteiger partial charge in [0.15, 0.2) is 0 Å². The van der Waals surface area contributed by atoms with Crippen LogP contribution in [0.2, 0.25) is 10.0 Å². The fourth-order valence-electron chi connectivity index (χ4n) is 2.54. The van der Waals surface area contributed by atoms with Crippen LogP contribution in [0.5, 0.6) is 0 Å². The molecular weight excluding hydrogens is 429 g/mol. The van der Waals surface area contributed by atoms with Gasteiger partial charge in [-0.2, -0.15) is 0 Å². The van der Waals surface area contributed by atoms with Crippen molar-refractivity contribution in [3.63, 3.8) is 0 Å². The van der Waals surface area contributed by atoms with Gasteiger partial charge in [-0.15, -0.1) is 0 Å². The average molecular weight is 445 g/mol. The van der Waals surface area contributed by atoms with Gasteiger partial charge in [-0.05, 0) is 48.8 Å². The highest BCUT2D eigenvalue weighted by Gasteiger charge is 2.24. The number of anilines is 1. The summed E-state index contributed by atoms with van der Waals surface area (Å²) in [5.74, 6) is 0. The summed E-state index contributed by atoms with van der Waals surface area (Å²) in [7, 11) is 1.63. The van der Waals surface area contributed by atoms with Crippen LogP contribution in [-0.4, -0.2) is 28.7 Å². The molecule has 0 spiro atoms. The third kappa shape index (κ3) is 3.43. The number of amides is 1. The predicted molar refractivity (Wildman–Crippen MR) is 106 cm³/mol. The largest absolute Gasteiger partial charge is 0.443 e. The molecule has 0 aliphatic heterocycles. The minimum Gasteiger partial charge on any atom is -0.443 e. The normalized spacial score (nSPS) is 12.0. The highest BCUT2D eigenvalue weighted by atomic mass is 79.9. The SMILES string of the molecule is CN(C(=O)OC(C)(C)C)c1cc(Cl)cc2c1[nH]c1ncc(Br)c(Cl)c12. The molecule has 0 aliphatic carbocycles. The lowest BCUT2D eigenvalue weighted by Crippen LogP contribution is -2.34. The maximum Gasteiger partial charge on any atom is 0.414 e. The number of aromatic amines is 1. The van der Waals surface area contributed by atoms with Crippen molar-refractivity contribution in [2.24, 2.45) is 0 Å². The highest BCUT2D eigenvalue weighted by molar-refractivity contribution is 9.10. The minimum absolute atomic E-state index is 0.477. The number of aromatic nitrogens is 2. The fraction of sp³-hybridized carbons (Fsp3) is 0.294. The summed E-state index contributed by atoms with van der Waals surface area (Å²) in [6.07, 6.45) is 1.15. The monoisotopic (exact) mass is 443 g/mol. The molecule has 0 saturated carbocycles. The number of ether oxygens (including phenoxy) is 1. The predicted octanol–water partition coefficient (Wildman–Crippen LogP) is 6.16. The smallest absolute Gasteiger partial charge is 0.414 e. The number of pyridine rings is 1. The van der Waals surface area contributed by atoms with Crippen LogP contribution in [0, 0.1) is 0 Å². The second kappa shape index (κ2) is 6.34. The number of carbonyl (C=O) groups excluding carboxylic acids is 1. The van der Waals surface area contributed by atoms with E-state index in [1.54, 1.807) is 25.4 Å². The van der Waals surface area contributed by atoms with E-state index in [1.807, 2.05) is 20.8 Å². The van der Waals surface area contributed by atoms with E-state index in [1.165, 1.54) is 4.90 Å². The number of fused-ring (bicyclic) bond motifs is 3. The van der Waals surface area contributed by atoms with E-state index in [0.29, 0.717) is 31.4 Å². The topological polar surface area (TPSA) is 58.2 Å². The molecule has 0 saturated heterocycles. The van der Waals surface area contributed by atoms with E-state index in [-0.39, 0.29) is 0 Å². The van der Waals surface area contributed by atoms with Crippen molar-refractivity contribution in [2.75, 3.05) is 11.9 Å². The lowest BCUT2D eigenvalue weighted by atomic mass is 10.1. The van der Waals surface area contributed by atoms with Crippen LogP contribution in [0.15, 0.2) is 22.8 Å². The van der Waals surface area contributed by atoms with Crippen molar-refractivity contribution in [3.8, 4) is 0 Å². The Labute approximate surface area is 163 Å². The molecule has 1 aromatic carbocycles. The first-order valence-corrected chi connectivity index (χ1v) is 9.05. The zero-order chi connectivity index (χ0) is 18.5. The van der Waals surface area contributed by atoms with Crippen LogP contribution in [-0.2, 0) is 4.74 Å². The molecule has 132 valence electrons. The lowest BCUT2D eigenvalue weighted by Gasteiger charge is -2.25. The molecule has 2 aromatic heterocycles. The summed E-state index contributed by atoms with van der Waals surface area (Å²) in [5.41, 5.74) is 1.31. The van der Waals surface area contributed by atoms with E-state index in [9.17, 15) is 4.79 Å². The Morgan fingerprint density at radius 3 is 2.64 bits per heavy atom. The molecule has 2 heterocycles. The maximum atomic E-state index is 12.4. The summed E-state index contributed by atoms with van der Waals surface area (Å²) >= 11 is 16.1. The van der Waals surface area contributed by atoms with Gasteiger partial charge in [0.1, 0.15) is 11.2 Å². The molecule has 8 heteroatoms. The van der Waals surface area contributed by atoms with Crippen LogP contribution in [0.4, 0.5) is 10.5 Å². The van der Waals surface area contributed by atoms with Crippen LogP contribution in [0.25, 0.3) is 21.9 Å². The summed E-state index contributed by atoms with van der Waals surface area (Å²) in [4.78, 5) is 21.4. The standard InChI is InChI=1S/C17H16BrCl2N3O2/c1-17(2,3)25-16(24)23(4)11-6-8(19)5-9-12-13(20)10(18)7-21-15(12)22-14(9)11/h5-7H,1-4H3,(H,21,22). The Morgan fingerprint density at radius 2 is 2.00 bits per heavy atom. The molecule has 0 atom stereocenters. The third-order valence-corrected chi connectivity index (χ3v) is 5.04. The molecule has 3 aromatic rings. The quantitative estimate of drug-likeness (QED) is 0.489. The third-order valence-electron chi connectivity index (χ3n) is 3.60. The number of carbonyl (C=O) groups is 1. The van der Waals surface area contributed by atoms with Crippen LogP contribution in [0.3, 0.4) is 0 Å². The molecule has 0 bridgehead atoms. The molecular formula is C17H16BrCl2N3O2. The summed E-state index contributed by atoms with van der Waals surface area (Å²) in [5, 5.41) is 2.54. The second-order valence-corrected chi connectivity index (χ2v) is 8.32. The zero-order valence-electron chi connectivity index (χ0n) is 14.1. The highest BCUT2D eigenvalue weighted by Crippen LogP contribution is 2.39. The molecule has 1 N–H and O–H groups in total. The van der Waals surface area contributed by atoms with Crippen LogP contribution >= 0.6 is 39.1 Å². The number of rotatable bonds is 1. The first-order chi connectivity index (χ1) is 11.6. The van der Waals surface area contributed by atoms with Crippen molar-refractivity contribution in [1.82, 2.24) is 9.97 Å². The maximum absolute atomic E-state index is 12.4. The molecule has 1 amide bonds. The Balaban J connectivity index is 2.22. The Bertz CT molecular complexity index is 995. The van der Waals surface area contributed by atoms with Gasteiger partial charge in [-0.25, -0.2) is 9.78 Å². The van der Waals surface area contributed by atoms with Crippen molar-refractivity contribution >= 4 is 72.8 Å². The average Bonchev–Trinajstić information content (AvgIpc) is 2.86. The van der Waals surface area contributed by atoms with Gasteiger partial charge in [-0.1, -0.05) is 23.2 Å². The van der Waals surface area contributed by atoms with E-state index >= 15 is 0 Å². The molecule has 3 rings (SSSR count). The summed E-state index contributed by atoms with van der Waals surface area (Å²) < 4.78 is 6.13. The van der Waals surface area contributed by atoms with Crippen molar-refractivity contribution in [3.05, 3.63) is 32.8 Å². The molecule has 0 unspecified atom stereocenters. The number of nitrogens with zero attached hydrogens (tertiary/aromatic N) is 2. The second-order valence-electron chi connectivity index (χ2n) is 6.66. The van der Waals surface area contributed by atoms with Gasteiger partial charge in [-0.3, -0.25) is 4.90 Å². The number of hydrogen-bond donors (Lipinski definition) is 1. The first kappa shape index (κ1) is 18.3. The number of halogens is 3. The summed E-state index contributed by atoms with van der Waals surface area (Å²) in [6.45, 7) is 5.45.